The molecule has 0 bridgehead atoms. The maximum absolute atomic E-state index is 12.6. The van der Waals surface area contributed by atoms with Crippen molar-refractivity contribution < 1.29 is 18.0 Å². The Morgan fingerprint density at radius 2 is 1.89 bits per heavy atom. The second kappa shape index (κ2) is 6.11. The molecule has 1 aliphatic rings. The number of nitrogens with zero attached hydrogens (tertiary/aromatic N) is 1. The van der Waals surface area contributed by atoms with Gasteiger partial charge in [-0.25, -0.2) is 0 Å². The molecule has 3 nitrogen and oxygen atoms in total. The topological polar surface area (TPSA) is 32.3 Å². The van der Waals surface area contributed by atoms with Gasteiger partial charge < -0.3 is 10.2 Å². The lowest BCUT2D eigenvalue weighted by molar-refractivity contribution is -0.190. The minimum atomic E-state index is -4.78. The predicted molar refractivity (Wildman–Crippen MR) is 67.6 cm³/mol. The highest BCUT2D eigenvalue weighted by atomic mass is 19.4. The Hall–Kier alpha value is -0.780. The zero-order valence-electron chi connectivity index (χ0n) is 11.9. The standard InChI is InChI=1S/C13H23F3N2O/c1-8(2)5-10-7-18(12(19)13(14,15)16)11(6-17-10)9(3)4/h8-11,17H,5-7H2,1-4H3. The fourth-order valence-electron chi connectivity index (χ4n) is 2.55. The Bertz CT molecular complexity index is 316. The molecule has 1 N–H and O–H groups in total. The molecule has 1 aliphatic heterocycles. The number of piperazine rings is 1. The van der Waals surface area contributed by atoms with E-state index < -0.39 is 18.1 Å². The molecule has 2 unspecified atom stereocenters. The lowest BCUT2D eigenvalue weighted by Gasteiger charge is -2.43. The first-order chi connectivity index (χ1) is 8.62. The molecule has 1 heterocycles. The van der Waals surface area contributed by atoms with Gasteiger partial charge in [-0.05, 0) is 18.3 Å². The molecule has 0 aromatic heterocycles. The fourth-order valence-corrected chi connectivity index (χ4v) is 2.55. The summed E-state index contributed by atoms with van der Waals surface area (Å²) < 4.78 is 37.9. The summed E-state index contributed by atoms with van der Waals surface area (Å²) in [6.45, 7) is 8.28. The number of carbonyl (C=O) groups is 1. The molecule has 0 saturated carbocycles. The molecular weight excluding hydrogens is 257 g/mol. The van der Waals surface area contributed by atoms with Crippen molar-refractivity contribution in [2.75, 3.05) is 13.1 Å². The number of alkyl halides is 3. The van der Waals surface area contributed by atoms with Crippen LogP contribution in [0.2, 0.25) is 0 Å². The van der Waals surface area contributed by atoms with Crippen LogP contribution in [-0.4, -0.2) is 42.2 Å². The monoisotopic (exact) mass is 280 g/mol. The molecule has 1 rings (SSSR count). The van der Waals surface area contributed by atoms with Gasteiger partial charge in [-0.3, -0.25) is 4.79 Å². The molecule has 0 aromatic carbocycles. The second-order valence-electron chi connectivity index (χ2n) is 6.00. The van der Waals surface area contributed by atoms with Gasteiger partial charge in [0.1, 0.15) is 0 Å². The minimum Gasteiger partial charge on any atom is -0.329 e. The maximum atomic E-state index is 12.6. The van der Waals surface area contributed by atoms with Gasteiger partial charge in [-0.15, -0.1) is 0 Å². The van der Waals surface area contributed by atoms with E-state index in [9.17, 15) is 18.0 Å². The molecule has 1 amide bonds. The predicted octanol–water partition coefficient (Wildman–Crippen LogP) is 2.42. The van der Waals surface area contributed by atoms with E-state index in [1.54, 1.807) is 0 Å². The van der Waals surface area contributed by atoms with Crippen LogP contribution in [0.15, 0.2) is 0 Å². The summed E-state index contributed by atoms with van der Waals surface area (Å²) in [5.41, 5.74) is 0. The van der Waals surface area contributed by atoms with E-state index in [0.29, 0.717) is 12.5 Å². The van der Waals surface area contributed by atoms with Crippen LogP contribution in [0.1, 0.15) is 34.1 Å². The van der Waals surface area contributed by atoms with Gasteiger partial charge in [0.2, 0.25) is 0 Å². The lowest BCUT2D eigenvalue weighted by atomic mass is 9.95. The van der Waals surface area contributed by atoms with Crippen LogP contribution in [0.3, 0.4) is 0 Å². The SMILES string of the molecule is CC(C)CC1CN(C(=O)C(F)(F)F)C(C(C)C)CN1. The van der Waals surface area contributed by atoms with Crippen molar-refractivity contribution in [1.29, 1.82) is 0 Å². The number of amides is 1. The Labute approximate surface area is 112 Å². The third-order valence-electron chi connectivity index (χ3n) is 3.46. The van der Waals surface area contributed by atoms with Crippen molar-refractivity contribution in [3.05, 3.63) is 0 Å². The fraction of sp³-hybridized carbons (Fsp3) is 0.923. The molecule has 2 atom stereocenters. The Kier molecular flexibility index (Phi) is 5.24. The third kappa shape index (κ3) is 4.37. The van der Waals surface area contributed by atoms with Gasteiger partial charge in [0.25, 0.3) is 0 Å². The van der Waals surface area contributed by atoms with E-state index in [-0.39, 0.29) is 18.5 Å². The first-order valence-corrected chi connectivity index (χ1v) is 6.74. The van der Waals surface area contributed by atoms with Crippen molar-refractivity contribution in [3.8, 4) is 0 Å². The summed E-state index contributed by atoms with van der Waals surface area (Å²) in [6.07, 6.45) is -4.01. The number of nitrogens with one attached hydrogen (secondary N) is 1. The molecule has 0 aromatic rings. The van der Waals surface area contributed by atoms with Gasteiger partial charge in [0, 0.05) is 25.2 Å². The van der Waals surface area contributed by atoms with Crippen LogP contribution in [0.25, 0.3) is 0 Å². The molecular formula is C13H23F3N2O. The van der Waals surface area contributed by atoms with Gasteiger partial charge in [-0.2, -0.15) is 13.2 Å². The van der Waals surface area contributed by atoms with E-state index in [4.69, 9.17) is 0 Å². The number of rotatable bonds is 3. The molecule has 0 radical (unpaired) electrons. The van der Waals surface area contributed by atoms with Crippen molar-refractivity contribution in [1.82, 2.24) is 10.2 Å². The number of hydrogen-bond donors (Lipinski definition) is 1. The Morgan fingerprint density at radius 1 is 1.32 bits per heavy atom. The smallest absolute Gasteiger partial charge is 0.329 e. The highest BCUT2D eigenvalue weighted by Crippen LogP contribution is 2.25. The van der Waals surface area contributed by atoms with E-state index in [2.05, 4.69) is 5.32 Å². The number of halogens is 3. The normalized spacial score (nSPS) is 25.2. The molecule has 0 spiro atoms. The Balaban J connectivity index is 2.82. The minimum absolute atomic E-state index is 0.00111. The third-order valence-corrected chi connectivity index (χ3v) is 3.46. The molecule has 0 aliphatic carbocycles. The highest BCUT2D eigenvalue weighted by molar-refractivity contribution is 5.82. The molecule has 6 heteroatoms. The van der Waals surface area contributed by atoms with Crippen molar-refractivity contribution in [3.63, 3.8) is 0 Å². The summed E-state index contributed by atoms with van der Waals surface area (Å²) in [4.78, 5) is 12.5. The van der Waals surface area contributed by atoms with Gasteiger partial charge in [0.15, 0.2) is 0 Å². The van der Waals surface area contributed by atoms with Crippen LogP contribution in [-0.2, 0) is 4.79 Å². The first-order valence-electron chi connectivity index (χ1n) is 6.74. The summed E-state index contributed by atoms with van der Waals surface area (Å²) >= 11 is 0. The Morgan fingerprint density at radius 3 is 2.32 bits per heavy atom. The van der Waals surface area contributed by atoms with Crippen molar-refractivity contribution in [2.24, 2.45) is 11.8 Å². The van der Waals surface area contributed by atoms with E-state index in [0.717, 1.165) is 11.3 Å². The summed E-state index contributed by atoms with van der Waals surface area (Å²) in [5.74, 6) is -1.32. The average Bonchev–Trinajstić information content (AvgIpc) is 2.25. The summed E-state index contributed by atoms with van der Waals surface area (Å²) in [5, 5.41) is 3.26. The second-order valence-corrected chi connectivity index (χ2v) is 6.00. The molecule has 1 saturated heterocycles. The van der Waals surface area contributed by atoms with Crippen LogP contribution in [0.4, 0.5) is 13.2 Å². The average molecular weight is 280 g/mol. The molecule has 19 heavy (non-hydrogen) atoms. The quantitative estimate of drug-likeness (QED) is 0.861. The summed E-state index contributed by atoms with van der Waals surface area (Å²) in [7, 11) is 0. The maximum Gasteiger partial charge on any atom is 0.471 e. The largest absolute Gasteiger partial charge is 0.471 e. The number of carbonyl (C=O) groups excluding carboxylic acids is 1. The van der Waals surface area contributed by atoms with Crippen molar-refractivity contribution in [2.45, 2.75) is 52.4 Å². The van der Waals surface area contributed by atoms with Gasteiger partial charge in [0.05, 0.1) is 0 Å². The highest BCUT2D eigenvalue weighted by Gasteiger charge is 2.46. The van der Waals surface area contributed by atoms with Crippen LogP contribution in [0, 0.1) is 11.8 Å². The van der Waals surface area contributed by atoms with Gasteiger partial charge in [-0.1, -0.05) is 27.7 Å². The van der Waals surface area contributed by atoms with Crippen molar-refractivity contribution >= 4 is 5.91 Å². The van der Waals surface area contributed by atoms with Crippen LogP contribution >= 0.6 is 0 Å². The zero-order valence-corrected chi connectivity index (χ0v) is 11.9. The zero-order chi connectivity index (χ0) is 14.8. The van der Waals surface area contributed by atoms with Crippen LogP contribution in [0.5, 0.6) is 0 Å². The van der Waals surface area contributed by atoms with E-state index >= 15 is 0 Å². The van der Waals surface area contributed by atoms with E-state index in [1.165, 1.54) is 0 Å². The van der Waals surface area contributed by atoms with Crippen LogP contribution < -0.4 is 5.32 Å². The first kappa shape index (κ1) is 16.3. The summed E-state index contributed by atoms with van der Waals surface area (Å²) in [6, 6.07) is -0.446. The van der Waals surface area contributed by atoms with Gasteiger partial charge >= 0.3 is 12.1 Å². The molecule has 112 valence electrons. The number of hydrogen-bond acceptors (Lipinski definition) is 2. The lowest BCUT2D eigenvalue weighted by Crippen LogP contribution is -2.62. The van der Waals surface area contributed by atoms with E-state index in [1.807, 2.05) is 27.7 Å². The molecule has 1 fully saturated rings.